The first-order valence-corrected chi connectivity index (χ1v) is 11.4. The van der Waals surface area contributed by atoms with E-state index in [0.717, 1.165) is 44.1 Å². The van der Waals surface area contributed by atoms with E-state index in [2.05, 4.69) is 17.7 Å². The van der Waals surface area contributed by atoms with Gasteiger partial charge in [0.05, 0.1) is 11.7 Å². The maximum absolute atomic E-state index is 12.8. The summed E-state index contributed by atoms with van der Waals surface area (Å²) >= 11 is 0. The zero-order valence-electron chi connectivity index (χ0n) is 15.6. The van der Waals surface area contributed by atoms with Gasteiger partial charge in [-0.25, -0.2) is 13.1 Å². The summed E-state index contributed by atoms with van der Waals surface area (Å²) in [6.45, 7) is 3.05. The number of rotatable bonds is 6. The summed E-state index contributed by atoms with van der Waals surface area (Å²) in [4.78, 5) is 14.5. The van der Waals surface area contributed by atoms with E-state index in [0.29, 0.717) is 25.9 Å². The Bertz CT molecular complexity index is 726. The van der Waals surface area contributed by atoms with E-state index < -0.39 is 15.3 Å². The van der Waals surface area contributed by atoms with Crippen LogP contribution in [0.3, 0.4) is 0 Å². The monoisotopic (exact) mass is 378 g/mol. The highest BCUT2D eigenvalue weighted by Crippen LogP contribution is 2.23. The first kappa shape index (κ1) is 19.4. The van der Waals surface area contributed by atoms with Crippen LogP contribution in [0, 0.1) is 0 Å². The molecule has 0 spiro atoms. The first-order valence-electron chi connectivity index (χ1n) is 9.85. The molecule has 6 heteroatoms. The number of nitrogens with zero attached hydrogens (tertiary/aromatic N) is 1. The molecule has 0 aromatic heterocycles. The molecule has 1 aromatic carbocycles. The van der Waals surface area contributed by atoms with Crippen molar-refractivity contribution in [3.05, 3.63) is 35.4 Å². The Kier molecular flexibility index (Phi) is 6.35. The molecule has 1 atom stereocenters. The van der Waals surface area contributed by atoms with Crippen LogP contribution in [0.2, 0.25) is 0 Å². The second-order valence-electron chi connectivity index (χ2n) is 7.55. The molecule has 1 heterocycles. The zero-order chi connectivity index (χ0) is 18.6. The Morgan fingerprint density at radius 1 is 1.12 bits per heavy atom. The minimum Gasteiger partial charge on any atom is -0.341 e. The molecule has 1 aliphatic carbocycles. The van der Waals surface area contributed by atoms with Gasteiger partial charge in [0.15, 0.2) is 0 Å². The summed E-state index contributed by atoms with van der Waals surface area (Å²) in [6.07, 6.45) is 6.69. The Balaban J connectivity index is 1.63. The van der Waals surface area contributed by atoms with Crippen molar-refractivity contribution in [3.8, 4) is 0 Å². The van der Waals surface area contributed by atoms with Gasteiger partial charge < -0.3 is 4.90 Å². The number of carbonyl (C=O) groups is 1. The summed E-state index contributed by atoms with van der Waals surface area (Å²) in [5, 5.41) is -0.484. The van der Waals surface area contributed by atoms with Gasteiger partial charge in [0.25, 0.3) is 0 Å². The van der Waals surface area contributed by atoms with Crippen LogP contribution in [0.4, 0.5) is 0 Å². The van der Waals surface area contributed by atoms with Crippen LogP contribution in [0.5, 0.6) is 0 Å². The Hall–Kier alpha value is -1.40. The van der Waals surface area contributed by atoms with Gasteiger partial charge in [-0.2, -0.15) is 0 Å². The summed E-state index contributed by atoms with van der Waals surface area (Å²) in [6, 6.07) is 8.08. The molecule has 2 fully saturated rings. The number of hydrogen-bond acceptors (Lipinski definition) is 3. The fourth-order valence-corrected chi connectivity index (χ4v) is 5.89. The van der Waals surface area contributed by atoms with Gasteiger partial charge in [0.1, 0.15) is 0 Å². The van der Waals surface area contributed by atoms with Gasteiger partial charge in [0, 0.05) is 19.1 Å². The van der Waals surface area contributed by atoms with Crippen molar-refractivity contribution in [2.24, 2.45) is 0 Å². The molecule has 1 unspecified atom stereocenters. The van der Waals surface area contributed by atoms with Gasteiger partial charge in [0.2, 0.25) is 15.9 Å². The van der Waals surface area contributed by atoms with Crippen molar-refractivity contribution in [2.45, 2.75) is 69.6 Å². The highest BCUT2D eigenvalue weighted by molar-refractivity contribution is 7.90. The fraction of sp³-hybridized carbons (Fsp3) is 0.650. The number of carbonyl (C=O) groups excluding carboxylic acids is 1. The quantitative estimate of drug-likeness (QED) is 0.827. The maximum Gasteiger partial charge on any atom is 0.227 e. The van der Waals surface area contributed by atoms with Crippen molar-refractivity contribution in [1.29, 1.82) is 0 Å². The Morgan fingerprint density at radius 2 is 1.81 bits per heavy atom. The van der Waals surface area contributed by atoms with Crippen molar-refractivity contribution in [2.75, 3.05) is 13.1 Å². The van der Waals surface area contributed by atoms with Gasteiger partial charge >= 0.3 is 0 Å². The van der Waals surface area contributed by atoms with Crippen LogP contribution < -0.4 is 4.72 Å². The van der Waals surface area contributed by atoms with Crippen LogP contribution in [0.15, 0.2) is 24.3 Å². The second-order valence-corrected chi connectivity index (χ2v) is 9.54. The number of likely N-dealkylation sites (tertiary alicyclic amines) is 1. The fourth-order valence-electron chi connectivity index (χ4n) is 4.14. The van der Waals surface area contributed by atoms with Crippen molar-refractivity contribution < 1.29 is 13.2 Å². The molecule has 1 aliphatic heterocycles. The van der Waals surface area contributed by atoms with Crippen molar-refractivity contribution in [3.63, 3.8) is 0 Å². The lowest BCUT2D eigenvalue weighted by molar-refractivity contribution is -0.131. The summed E-state index contributed by atoms with van der Waals surface area (Å²) in [7, 11) is -3.36. The molecule has 1 N–H and O–H groups in total. The molecular weight excluding hydrogens is 348 g/mol. The largest absolute Gasteiger partial charge is 0.341 e. The predicted octanol–water partition coefficient (Wildman–Crippen LogP) is 2.64. The number of piperidine rings is 1. The van der Waals surface area contributed by atoms with Gasteiger partial charge in [-0.1, -0.05) is 44.0 Å². The third-order valence-corrected chi connectivity index (χ3v) is 7.62. The molecule has 1 saturated heterocycles. The number of sulfonamides is 1. The maximum atomic E-state index is 12.8. The minimum absolute atomic E-state index is 0.0340. The Labute approximate surface area is 157 Å². The van der Waals surface area contributed by atoms with E-state index >= 15 is 0 Å². The molecule has 144 valence electrons. The molecule has 2 aliphatic rings. The molecule has 1 amide bonds. The number of amides is 1. The number of hydrogen-bond donors (Lipinski definition) is 1. The lowest BCUT2D eigenvalue weighted by Gasteiger charge is -2.33. The van der Waals surface area contributed by atoms with Crippen LogP contribution >= 0.6 is 0 Å². The van der Waals surface area contributed by atoms with Gasteiger partial charge in [-0.15, -0.1) is 0 Å². The topological polar surface area (TPSA) is 66.5 Å². The lowest BCUT2D eigenvalue weighted by atomic mass is 10.0. The molecule has 0 bridgehead atoms. The van der Waals surface area contributed by atoms with E-state index in [-0.39, 0.29) is 11.9 Å². The second kappa shape index (κ2) is 8.53. The highest BCUT2D eigenvalue weighted by Gasteiger charge is 2.34. The van der Waals surface area contributed by atoms with Crippen molar-refractivity contribution in [1.82, 2.24) is 9.62 Å². The standard InChI is InChI=1S/C20H30N2O3S/c1-2-16-8-3-4-9-17(16)14-20(23)22-13-7-12-19(15-22)26(24,25)21-18-10-5-6-11-18/h3-4,8-9,18-19,21H,2,5-7,10-15H2,1H3. The molecule has 5 nitrogen and oxygen atoms in total. The third-order valence-electron chi connectivity index (χ3n) is 5.70. The van der Waals surface area contributed by atoms with E-state index in [1.165, 1.54) is 5.56 Å². The number of aryl methyl sites for hydroxylation is 1. The van der Waals surface area contributed by atoms with Crippen LogP contribution in [0.1, 0.15) is 56.6 Å². The van der Waals surface area contributed by atoms with E-state index in [9.17, 15) is 13.2 Å². The molecule has 3 rings (SSSR count). The summed E-state index contributed by atoms with van der Waals surface area (Å²) in [5.74, 6) is 0.0340. The zero-order valence-corrected chi connectivity index (χ0v) is 16.4. The lowest BCUT2D eigenvalue weighted by Crippen LogP contribution is -2.50. The highest BCUT2D eigenvalue weighted by atomic mass is 32.2. The van der Waals surface area contributed by atoms with Crippen LogP contribution in [-0.4, -0.2) is 43.6 Å². The third kappa shape index (κ3) is 4.65. The van der Waals surface area contributed by atoms with Crippen LogP contribution in [-0.2, 0) is 27.7 Å². The average Bonchev–Trinajstić information content (AvgIpc) is 3.14. The molecule has 26 heavy (non-hydrogen) atoms. The van der Waals surface area contributed by atoms with Crippen molar-refractivity contribution >= 4 is 15.9 Å². The SMILES string of the molecule is CCc1ccccc1CC(=O)N1CCCC(S(=O)(=O)NC2CCCC2)C1. The molecular formula is C20H30N2O3S. The smallest absolute Gasteiger partial charge is 0.227 e. The molecule has 1 aromatic rings. The minimum atomic E-state index is -3.36. The average molecular weight is 379 g/mol. The number of nitrogens with one attached hydrogen (secondary N) is 1. The first-order chi connectivity index (χ1) is 12.5. The van der Waals surface area contributed by atoms with Gasteiger partial charge in [-0.3, -0.25) is 4.79 Å². The molecule has 0 radical (unpaired) electrons. The Morgan fingerprint density at radius 3 is 2.50 bits per heavy atom. The summed E-state index contributed by atoms with van der Waals surface area (Å²) < 4.78 is 28.3. The van der Waals surface area contributed by atoms with Gasteiger partial charge in [-0.05, 0) is 43.2 Å². The normalized spacial score (nSPS) is 21.9. The van der Waals surface area contributed by atoms with E-state index in [4.69, 9.17) is 0 Å². The molecule has 1 saturated carbocycles. The van der Waals surface area contributed by atoms with E-state index in [1.54, 1.807) is 4.90 Å². The van der Waals surface area contributed by atoms with Crippen LogP contribution in [0.25, 0.3) is 0 Å². The number of benzene rings is 1. The predicted molar refractivity (Wildman–Crippen MR) is 103 cm³/mol. The summed E-state index contributed by atoms with van der Waals surface area (Å²) in [5.41, 5.74) is 2.24. The van der Waals surface area contributed by atoms with E-state index in [1.807, 2.05) is 18.2 Å².